The fraction of sp³-hybridized carbons (Fsp3) is 0.278. The number of hydrogen-bond acceptors (Lipinski definition) is 4. The summed E-state index contributed by atoms with van der Waals surface area (Å²) in [6.07, 6.45) is -4.93. The Balaban J connectivity index is 2.18. The standard InChI is InChI=1S/C18H19F3N2O4S/c1-3-23(4-2)17(24)13-8-10-14(11-9-13)22-28(25,26)16-7-5-6-15(12-16)27-18(19,20)21/h5-12,22H,3-4H2,1-2H3. The van der Waals surface area contributed by atoms with E-state index in [0.717, 1.165) is 24.3 Å². The van der Waals surface area contributed by atoms with Crippen LogP contribution in [0.5, 0.6) is 5.75 Å². The Morgan fingerprint density at radius 2 is 1.68 bits per heavy atom. The second-order valence-electron chi connectivity index (χ2n) is 5.68. The number of nitrogens with one attached hydrogen (secondary N) is 1. The molecule has 0 bridgehead atoms. The second-order valence-corrected chi connectivity index (χ2v) is 7.37. The summed E-state index contributed by atoms with van der Waals surface area (Å²) in [5.74, 6) is -0.827. The molecule has 0 atom stereocenters. The molecule has 0 aliphatic rings. The van der Waals surface area contributed by atoms with Crippen molar-refractivity contribution in [1.82, 2.24) is 4.90 Å². The van der Waals surface area contributed by atoms with Crippen LogP contribution in [0.4, 0.5) is 18.9 Å². The lowest BCUT2D eigenvalue weighted by atomic mass is 10.2. The van der Waals surface area contributed by atoms with Crippen molar-refractivity contribution >= 4 is 21.6 Å². The number of nitrogens with zero attached hydrogens (tertiary/aromatic N) is 1. The van der Waals surface area contributed by atoms with Crippen LogP contribution in [-0.4, -0.2) is 38.7 Å². The van der Waals surface area contributed by atoms with Crippen LogP contribution >= 0.6 is 0 Å². The number of carbonyl (C=O) groups is 1. The van der Waals surface area contributed by atoms with Crippen LogP contribution in [0.1, 0.15) is 24.2 Å². The first-order valence-electron chi connectivity index (χ1n) is 8.33. The maximum Gasteiger partial charge on any atom is 0.573 e. The Morgan fingerprint density at radius 1 is 1.07 bits per heavy atom. The van der Waals surface area contributed by atoms with Crippen molar-refractivity contribution in [2.75, 3.05) is 17.8 Å². The number of rotatable bonds is 7. The van der Waals surface area contributed by atoms with Gasteiger partial charge in [0.25, 0.3) is 15.9 Å². The SMILES string of the molecule is CCN(CC)C(=O)c1ccc(NS(=O)(=O)c2cccc(OC(F)(F)F)c2)cc1. The summed E-state index contributed by atoms with van der Waals surface area (Å²) in [5.41, 5.74) is 0.561. The predicted octanol–water partition coefficient (Wildman–Crippen LogP) is 3.87. The highest BCUT2D eigenvalue weighted by molar-refractivity contribution is 7.92. The monoisotopic (exact) mass is 416 g/mol. The molecule has 0 spiro atoms. The minimum atomic E-state index is -4.93. The zero-order valence-corrected chi connectivity index (χ0v) is 16.0. The third kappa shape index (κ3) is 5.62. The van der Waals surface area contributed by atoms with Crippen LogP contribution in [-0.2, 0) is 10.0 Å². The lowest BCUT2D eigenvalue weighted by Crippen LogP contribution is -2.30. The van der Waals surface area contributed by atoms with Crippen LogP contribution in [0.15, 0.2) is 53.4 Å². The van der Waals surface area contributed by atoms with E-state index >= 15 is 0 Å². The van der Waals surface area contributed by atoms with Crippen molar-refractivity contribution in [3.8, 4) is 5.75 Å². The van der Waals surface area contributed by atoms with Gasteiger partial charge in [0.15, 0.2) is 0 Å². The molecule has 2 aromatic carbocycles. The minimum absolute atomic E-state index is 0.165. The van der Waals surface area contributed by atoms with Crippen LogP contribution in [0, 0.1) is 0 Å². The van der Waals surface area contributed by atoms with E-state index in [0.29, 0.717) is 18.7 Å². The number of carbonyl (C=O) groups excluding carboxylic acids is 1. The molecular formula is C18H19F3N2O4S. The first-order valence-corrected chi connectivity index (χ1v) is 9.82. The molecule has 6 nitrogen and oxygen atoms in total. The number of sulfonamides is 1. The number of benzene rings is 2. The molecule has 2 aromatic rings. The van der Waals surface area contributed by atoms with E-state index in [4.69, 9.17) is 0 Å². The highest BCUT2D eigenvalue weighted by Crippen LogP contribution is 2.26. The molecule has 0 fully saturated rings. The van der Waals surface area contributed by atoms with Crippen molar-refractivity contribution in [3.05, 3.63) is 54.1 Å². The van der Waals surface area contributed by atoms with Gasteiger partial charge in [0, 0.05) is 30.4 Å². The van der Waals surface area contributed by atoms with Crippen LogP contribution in [0.3, 0.4) is 0 Å². The van der Waals surface area contributed by atoms with Gasteiger partial charge < -0.3 is 9.64 Å². The summed E-state index contributed by atoms with van der Waals surface area (Å²) in [6.45, 7) is 4.78. The molecule has 0 radical (unpaired) electrons. The molecule has 2 rings (SSSR count). The van der Waals surface area contributed by atoms with E-state index in [2.05, 4.69) is 9.46 Å². The largest absolute Gasteiger partial charge is 0.573 e. The minimum Gasteiger partial charge on any atom is -0.406 e. The highest BCUT2D eigenvalue weighted by atomic mass is 32.2. The maximum atomic E-state index is 12.4. The average Bonchev–Trinajstić information content (AvgIpc) is 2.62. The lowest BCUT2D eigenvalue weighted by Gasteiger charge is -2.18. The molecule has 152 valence electrons. The van der Waals surface area contributed by atoms with Gasteiger partial charge in [-0.05, 0) is 50.2 Å². The topological polar surface area (TPSA) is 75.7 Å². The normalized spacial score (nSPS) is 11.8. The Labute approximate surface area is 161 Å². The van der Waals surface area contributed by atoms with Crippen molar-refractivity contribution in [1.29, 1.82) is 0 Å². The van der Waals surface area contributed by atoms with E-state index in [1.165, 1.54) is 24.3 Å². The van der Waals surface area contributed by atoms with Gasteiger partial charge in [0.05, 0.1) is 4.90 Å². The zero-order valence-electron chi connectivity index (χ0n) is 15.2. The third-order valence-electron chi connectivity index (χ3n) is 3.78. The number of ether oxygens (including phenoxy) is 1. The van der Waals surface area contributed by atoms with E-state index in [1.807, 2.05) is 13.8 Å². The number of alkyl halides is 3. The Morgan fingerprint density at radius 3 is 2.21 bits per heavy atom. The van der Waals surface area contributed by atoms with E-state index in [-0.39, 0.29) is 11.6 Å². The van der Waals surface area contributed by atoms with E-state index < -0.39 is 27.0 Å². The fourth-order valence-corrected chi connectivity index (χ4v) is 3.52. The van der Waals surface area contributed by atoms with Crippen LogP contribution < -0.4 is 9.46 Å². The average molecular weight is 416 g/mol. The van der Waals surface area contributed by atoms with E-state index in [1.54, 1.807) is 4.90 Å². The van der Waals surface area contributed by atoms with Crippen molar-refractivity contribution < 1.29 is 31.1 Å². The molecule has 0 saturated heterocycles. The molecule has 1 amide bonds. The number of hydrogen-bond donors (Lipinski definition) is 1. The van der Waals surface area contributed by atoms with Gasteiger partial charge in [0.2, 0.25) is 0 Å². The lowest BCUT2D eigenvalue weighted by molar-refractivity contribution is -0.274. The van der Waals surface area contributed by atoms with Gasteiger partial charge in [-0.2, -0.15) is 0 Å². The van der Waals surface area contributed by atoms with E-state index in [9.17, 15) is 26.4 Å². The van der Waals surface area contributed by atoms with Crippen molar-refractivity contribution in [2.24, 2.45) is 0 Å². The second kappa shape index (κ2) is 8.51. The molecule has 0 aliphatic carbocycles. The molecule has 1 N–H and O–H groups in total. The zero-order chi connectivity index (χ0) is 20.9. The highest BCUT2D eigenvalue weighted by Gasteiger charge is 2.31. The van der Waals surface area contributed by atoms with Gasteiger partial charge >= 0.3 is 6.36 Å². The quantitative estimate of drug-likeness (QED) is 0.744. The summed E-state index contributed by atoms with van der Waals surface area (Å²) < 4.78 is 67.8. The molecule has 0 aliphatic heterocycles. The summed E-state index contributed by atoms with van der Waals surface area (Å²) in [6, 6.07) is 9.82. The molecule has 0 unspecified atom stereocenters. The van der Waals surface area contributed by atoms with Gasteiger partial charge in [0.1, 0.15) is 5.75 Å². The molecule has 0 heterocycles. The van der Waals surface area contributed by atoms with Crippen molar-refractivity contribution in [3.63, 3.8) is 0 Å². The maximum absolute atomic E-state index is 12.4. The molecule has 28 heavy (non-hydrogen) atoms. The van der Waals surface area contributed by atoms with Crippen LogP contribution in [0.25, 0.3) is 0 Å². The van der Waals surface area contributed by atoms with Crippen LogP contribution in [0.2, 0.25) is 0 Å². The summed E-state index contributed by atoms with van der Waals surface area (Å²) >= 11 is 0. The fourth-order valence-electron chi connectivity index (χ4n) is 2.43. The number of halogens is 3. The summed E-state index contributed by atoms with van der Waals surface area (Å²) in [5, 5.41) is 0. The van der Waals surface area contributed by atoms with Gasteiger partial charge in [-0.1, -0.05) is 6.07 Å². The van der Waals surface area contributed by atoms with Crippen molar-refractivity contribution in [2.45, 2.75) is 25.1 Å². The number of amides is 1. The summed E-state index contributed by atoms with van der Waals surface area (Å²) in [4.78, 5) is 13.5. The Bertz CT molecular complexity index is 925. The predicted molar refractivity (Wildman–Crippen MR) is 97.6 cm³/mol. The first kappa shape index (κ1) is 21.5. The molecule has 10 heteroatoms. The Kier molecular flexibility index (Phi) is 6.55. The van der Waals surface area contributed by atoms with Gasteiger partial charge in [-0.15, -0.1) is 13.2 Å². The van der Waals surface area contributed by atoms with Gasteiger partial charge in [-0.3, -0.25) is 9.52 Å². The first-order chi connectivity index (χ1) is 13.1. The van der Waals surface area contributed by atoms with Gasteiger partial charge in [-0.25, -0.2) is 8.42 Å². The molecular weight excluding hydrogens is 397 g/mol. The summed E-state index contributed by atoms with van der Waals surface area (Å²) in [7, 11) is -4.14. The number of anilines is 1. The smallest absolute Gasteiger partial charge is 0.406 e. The molecule has 0 aromatic heterocycles. The third-order valence-corrected chi connectivity index (χ3v) is 5.16. The molecule has 0 saturated carbocycles. The Hall–Kier alpha value is -2.75.